The zero-order valence-corrected chi connectivity index (χ0v) is 16.5. The van der Waals surface area contributed by atoms with Gasteiger partial charge in [0.2, 0.25) is 5.43 Å². The third-order valence-corrected chi connectivity index (χ3v) is 5.09. The van der Waals surface area contributed by atoms with Crippen LogP contribution in [0.4, 0.5) is 0 Å². The summed E-state index contributed by atoms with van der Waals surface area (Å²) in [5.74, 6) is -0.544. The molecule has 1 aromatic carbocycles. The van der Waals surface area contributed by atoms with Gasteiger partial charge in [0.15, 0.2) is 0 Å². The molecular formula is C20H19ClN4O5. The number of halogens is 1. The molecule has 1 fully saturated rings. The van der Waals surface area contributed by atoms with Crippen molar-refractivity contribution in [2.45, 2.75) is 12.5 Å². The van der Waals surface area contributed by atoms with Gasteiger partial charge in [0.1, 0.15) is 5.56 Å². The number of aliphatic hydroxyl groups excluding tert-OH is 1. The van der Waals surface area contributed by atoms with Gasteiger partial charge < -0.3 is 20.1 Å². The van der Waals surface area contributed by atoms with Gasteiger partial charge in [-0.2, -0.15) is 0 Å². The number of pyridine rings is 1. The highest BCUT2D eigenvalue weighted by atomic mass is 35.5. The van der Waals surface area contributed by atoms with Gasteiger partial charge in [0.05, 0.1) is 17.3 Å². The molecule has 9 nitrogen and oxygen atoms in total. The molecule has 156 valence electrons. The Hall–Kier alpha value is -3.30. The van der Waals surface area contributed by atoms with E-state index in [4.69, 9.17) is 21.5 Å². The average molecular weight is 431 g/mol. The monoisotopic (exact) mass is 430 g/mol. The Morgan fingerprint density at radius 3 is 2.80 bits per heavy atom. The molecule has 0 saturated carbocycles. The van der Waals surface area contributed by atoms with E-state index in [1.54, 1.807) is 36.8 Å². The van der Waals surface area contributed by atoms with Crippen molar-refractivity contribution >= 4 is 34.9 Å². The molecule has 10 heteroatoms. The number of β-amino-alcohol motifs (C(OH)–C–C–N with tert-alkyl or cyclic N) is 1. The molecule has 0 spiro atoms. The van der Waals surface area contributed by atoms with Crippen molar-refractivity contribution in [3.63, 3.8) is 0 Å². The Kier molecular flexibility index (Phi) is 6.76. The first-order valence-electron chi connectivity index (χ1n) is 9.05. The molecule has 3 aromatic rings. The first kappa shape index (κ1) is 21.4. The molecule has 2 aromatic heterocycles. The summed E-state index contributed by atoms with van der Waals surface area (Å²) in [5.41, 5.74) is 1.04. The number of hydrogen-bond donors (Lipinski definition) is 3. The topological polar surface area (TPSA) is 136 Å². The number of nitrogens with one attached hydrogen (secondary N) is 1. The summed E-state index contributed by atoms with van der Waals surface area (Å²) in [4.78, 5) is 46.6. The lowest BCUT2D eigenvalue weighted by Gasteiger charge is -2.16. The normalized spacial score (nSPS) is 18.0. The summed E-state index contributed by atoms with van der Waals surface area (Å²) < 4.78 is 0. The number of aromatic amines is 1. The SMILES string of the molecule is O=C(c1c[nH]c2cc(Cl)ccc2c1=O)N1C[C@@H](Cc2cnccn2)[C@H](O)C1.O=CO. The minimum absolute atomic E-state index is 0.0529. The second-order valence-corrected chi connectivity index (χ2v) is 7.20. The van der Waals surface area contributed by atoms with Gasteiger partial charge in [0, 0.05) is 54.2 Å². The highest BCUT2D eigenvalue weighted by molar-refractivity contribution is 6.31. The maximum Gasteiger partial charge on any atom is 0.290 e. The fourth-order valence-corrected chi connectivity index (χ4v) is 3.62. The quantitative estimate of drug-likeness (QED) is 0.533. The van der Waals surface area contributed by atoms with Crippen molar-refractivity contribution < 1.29 is 19.8 Å². The summed E-state index contributed by atoms with van der Waals surface area (Å²) in [6.45, 7) is 0.288. The summed E-state index contributed by atoms with van der Waals surface area (Å²) in [7, 11) is 0. The van der Waals surface area contributed by atoms with E-state index in [9.17, 15) is 14.7 Å². The minimum Gasteiger partial charge on any atom is -0.483 e. The Balaban J connectivity index is 0.000000806. The second-order valence-electron chi connectivity index (χ2n) is 6.77. The third kappa shape index (κ3) is 4.64. The van der Waals surface area contributed by atoms with Crippen molar-refractivity contribution in [1.29, 1.82) is 0 Å². The number of carbonyl (C=O) groups excluding carboxylic acids is 1. The fourth-order valence-electron chi connectivity index (χ4n) is 3.45. The largest absolute Gasteiger partial charge is 0.483 e. The lowest BCUT2D eigenvalue weighted by atomic mass is 10.0. The number of likely N-dealkylation sites (tertiary alicyclic amines) is 1. The van der Waals surface area contributed by atoms with E-state index in [1.165, 1.54) is 11.1 Å². The van der Waals surface area contributed by atoms with E-state index in [2.05, 4.69) is 15.0 Å². The number of H-pyrrole nitrogens is 1. The highest BCUT2D eigenvalue weighted by Gasteiger charge is 2.35. The molecule has 1 aliphatic heterocycles. The highest BCUT2D eigenvalue weighted by Crippen LogP contribution is 2.22. The number of nitrogens with zero attached hydrogens (tertiary/aromatic N) is 3. The van der Waals surface area contributed by atoms with Crippen LogP contribution in [0.3, 0.4) is 0 Å². The molecule has 3 N–H and O–H groups in total. The Morgan fingerprint density at radius 2 is 2.10 bits per heavy atom. The predicted octanol–water partition coefficient (Wildman–Crippen LogP) is 1.35. The second kappa shape index (κ2) is 9.47. The van der Waals surface area contributed by atoms with Crippen molar-refractivity contribution in [2.75, 3.05) is 13.1 Å². The van der Waals surface area contributed by atoms with Crippen molar-refractivity contribution in [3.8, 4) is 0 Å². The van der Waals surface area contributed by atoms with Crippen molar-refractivity contribution in [3.05, 3.63) is 69.5 Å². The molecule has 30 heavy (non-hydrogen) atoms. The fraction of sp³-hybridized carbons (Fsp3) is 0.250. The number of rotatable bonds is 3. The van der Waals surface area contributed by atoms with Crippen LogP contribution in [0.2, 0.25) is 5.02 Å². The number of benzene rings is 1. The van der Waals surface area contributed by atoms with Crippen LogP contribution in [0, 0.1) is 5.92 Å². The molecule has 1 aliphatic rings. The number of hydrogen-bond acceptors (Lipinski definition) is 6. The minimum atomic E-state index is -0.672. The number of carbonyl (C=O) groups is 2. The molecule has 0 aliphatic carbocycles. The number of fused-ring (bicyclic) bond motifs is 1. The van der Waals surface area contributed by atoms with Crippen LogP contribution in [-0.4, -0.2) is 61.6 Å². The number of amides is 1. The first-order chi connectivity index (χ1) is 14.4. The zero-order chi connectivity index (χ0) is 21.7. The summed E-state index contributed by atoms with van der Waals surface area (Å²) in [6, 6.07) is 4.86. The zero-order valence-electron chi connectivity index (χ0n) is 15.7. The summed E-state index contributed by atoms with van der Waals surface area (Å²) >= 11 is 5.94. The number of aliphatic hydroxyl groups is 1. The summed E-state index contributed by atoms with van der Waals surface area (Å²) in [6.07, 6.45) is 6.09. The van der Waals surface area contributed by atoms with E-state index >= 15 is 0 Å². The number of aromatic nitrogens is 3. The van der Waals surface area contributed by atoms with E-state index < -0.39 is 12.0 Å². The predicted molar refractivity (Wildman–Crippen MR) is 109 cm³/mol. The molecule has 1 saturated heterocycles. The van der Waals surface area contributed by atoms with E-state index in [0.717, 1.165) is 5.69 Å². The Morgan fingerprint density at radius 1 is 1.33 bits per heavy atom. The van der Waals surface area contributed by atoms with E-state index in [-0.39, 0.29) is 29.9 Å². The van der Waals surface area contributed by atoms with Crippen molar-refractivity contribution in [1.82, 2.24) is 19.9 Å². The van der Waals surface area contributed by atoms with Crippen LogP contribution in [0.1, 0.15) is 16.1 Å². The lowest BCUT2D eigenvalue weighted by molar-refractivity contribution is -0.122. The van der Waals surface area contributed by atoms with Crippen LogP contribution >= 0.6 is 11.6 Å². The standard InChI is InChI=1S/C19H17ClN4O3.CH2O2/c20-12-1-2-14-16(6-12)23-8-15(18(14)26)19(27)24-9-11(17(25)10-24)5-13-7-21-3-4-22-13;2-1-3/h1-4,6-8,11,17,25H,5,9-10H2,(H,23,26);1H,(H,2,3)/t11-,17-;/m1./s1. The van der Waals surface area contributed by atoms with Gasteiger partial charge in [-0.1, -0.05) is 11.6 Å². The van der Waals surface area contributed by atoms with Gasteiger partial charge >= 0.3 is 0 Å². The molecule has 0 bridgehead atoms. The van der Waals surface area contributed by atoms with E-state index in [0.29, 0.717) is 28.9 Å². The smallest absolute Gasteiger partial charge is 0.290 e. The maximum atomic E-state index is 12.9. The molecule has 4 rings (SSSR count). The number of carboxylic acid groups (broad SMARTS) is 1. The van der Waals surface area contributed by atoms with Gasteiger partial charge in [-0.25, -0.2) is 0 Å². The van der Waals surface area contributed by atoms with Gasteiger partial charge in [-0.3, -0.25) is 24.4 Å². The van der Waals surface area contributed by atoms with Crippen LogP contribution < -0.4 is 5.43 Å². The van der Waals surface area contributed by atoms with Crippen LogP contribution in [-0.2, 0) is 11.2 Å². The van der Waals surface area contributed by atoms with Crippen molar-refractivity contribution in [2.24, 2.45) is 5.92 Å². The molecule has 2 atom stereocenters. The maximum absolute atomic E-state index is 12.9. The molecule has 0 unspecified atom stereocenters. The first-order valence-corrected chi connectivity index (χ1v) is 9.43. The van der Waals surface area contributed by atoms with Crippen LogP contribution in [0.15, 0.2) is 47.8 Å². The summed E-state index contributed by atoms with van der Waals surface area (Å²) in [5, 5.41) is 18.1. The molecule has 0 radical (unpaired) electrons. The lowest BCUT2D eigenvalue weighted by Crippen LogP contribution is -2.33. The van der Waals surface area contributed by atoms with Crippen LogP contribution in [0.5, 0.6) is 0 Å². The van der Waals surface area contributed by atoms with E-state index in [1.807, 2.05) is 0 Å². The van der Waals surface area contributed by atoms with Gasteiger partial charge in [0.25, 0.3) is 12.4 Å². The molecule has 1 amide bonds. The van der Waals surface area contributed by atoms with Gasteiger partial charge in [-0.05, 0) is 24.6 Å². The Bertz CT molecular complexity index is 1110. The van der Waals surface area contributed by atoms with Gasteiger partial charge in [-0.15, -0.1) is 0 Å². The molecular weight excluding hydrogens is 412 g/mol. The average Bonchev–Trinajstić information content (AvgIpc) is 3.09. The molecule has 3 heterocycles. The van der Waals surface area contributed by atoms with Crippen LogP contribution in [0.25, 0.3) is 10.9 Å². The third-order valence-electron chi connectivity index (χ3n) is 4.85. The Labute approximate surface area is 176 Å².